The molecule has 0 aromatic carbocycles. The van der Waals surface area contributed by atoms with Crippen LogP contribution in [0.15, 0.2) is 0 Å². The van der Waals surface area contributed by atoms with Crippen molar-refractivity contribution in [2.24, 2.45) is 17.8 Å². The fourth-order valence-electron chi connectivity index (χ4n) is 13.7. The Hall–Kier alpha value is -1.94. The van der Waals surface area contributed by atoms with Crippen molar-refractivity contribution in [1.82, 2.24) is 0 Å². The summed E-state index contributed by atoms with van der Waals surface area (Å²) in [4.78, 5) is 73.3. The summed E-state index contributed by atoms with van der Waals surface area (Å²) in [6.45, 7) is 12.0. The van der Waals surface area contributed by atoms with E-state index < -0.39 is 97.5 Å². The van der Waals surface area contributed by atoms with Gasteiger partial charge in [0.15, 0.2) is 12.2 Å². The highest BCUT2D eigenvalue weighted by Gasteiger charge is 2.31. The molecule has 0 saturated carbocycles. The number of carbonyl (C=O) groups excluding carboxylic acids is 4. The third kappa shape index (κ3) is 80.5. The van der Waals surface area contributed by atoms with E-state index in [0.29, 0.717) is 25.7 Å². The Bertz CT molecular complexity index is 2060. The maximum atomic E-state index is 13.2. The molecule has 3 unspecified atom stereocenters. The number of aliphatic hydroxyl groups excluding tert-OH is 1. The highest BCUT2D eigenvalue weighted by molar-refractivity contribution is 7.47. The molecule has 0 aliphatic rings. The van der Waals surface area contributed by atoms with Gasteiger partial charge in [-0.1, -0.05) is 414 Å². The summed E-state index contributed by atoms with van der Waals surface area (Å²) in [7, 11) is -9.93. The van der Waals surface area contributed by atoms with Crippen molar-refractivity contribution in [3.05, 3.63) is 0 Å². The molecule has 636 valence electrons. The monoisotopic (exact) mass is 1560 g/mol. The minimum absolute atomic E-state index is 0.106. The summed E-state index contributed by atoms with van der Waals surface area (Å²) < 4.78 is 69.0. The fraction of sp³-hybridized carbons (Fsp3) is 0.955. The number of rotatable bonds is 86. The molecule has 0 bridgehead atoms. The fourth-order valence-corrected chi connectivity index (χ4v) is 15.3. The van der Waals surface area contributed by atoms with Crippen molar-refractivity contribution < 1.29 is 80.2 Å². The molecule has 0 radical (unpaired) electrons. The maximum absolute atomic E-state index is 13.2. The second kappa shape index (κ2) is 78.0. The lowest BCUT2D eigenvalue weighted by Gasteiger charge is -2.21. The van der Waals surface area contributed by atoms with Crippen LogP contribution in [0.1, 0.15) is 466 Å². The first-order chi connectivity index (χ1) is 51.8. The van der Waals surface area contributed by atoms with Crippen LogP contribution < -0.4 is 0 Å². The Kier molecular flexibility index (Phi) is 76.6. The van der Waals surface area contributed by atoms with Crippen LogP contribution in [0.4, 0.5) is 0 Å². The predicted molar refractivity (Wildman–Crippen MR) is 441 cm³/mol. The molecule has 17 nitrogen and oxygen atoms in total. The van der Waals surface area contributed by atoms with E-state index in [1.165, 1.54) is 276 Å². The smallest absolute Gasteiger partial charge is 0.462 e. The van der Waals surface area contributed by atoms with E-state index in [4.69, 9.17) is 37.0 Å². The Labute approximate surface area is 658 Å². The lowest BCUT2D eigenvalue weighted by atomic mass is 9.99. The van der Waals surface area contributed by atoms with Gasteiger partial charge in [0.25, 0.3) is 0 Å². The van der Waals surface area contributed by atoms with Gasteiger partial charge in [-0.05, 0) is 43.4 Å². The number of hydrogen-bond donors (Lipinski definition) is 3. The lowest BCUT2D eigenvalue weighted by Crippen LogP contribution is -2.30. The number of hydrogen-bond acceptors (Lipinski definition) is 15. The molecule has 107 heavy (non-hydrogen) atoms. The first-order valence-corrected chi connectivity index (χ1v) is 48.4. The Morgan fingerprint density at radius 2 is 0.477 bits per heavy atom. The molecular formula is C88H172O17P2. The van der Waals surface area contributed by atoms with Crippen LogP contribution in [0, 0.1) is 17.8 Å². The van der Waals surface area contributed by atoms with Crippen LogP contribution in [-0.4, -0.2) is 96.7 Å². The average molecular weight is 1560 g/mol. The van der Waals surface area contributed by atoms with Gasteiger partial charge in [-0.2, -0.15) is 0 Å². The molecule has 0 spiro atoms. The molecule has 0 saturated heterocycles. The second-order valence-corrected chi connectivity index (χ2v) is 35.7. The highest BCUT2D eigenvalue weighted by atomic mass is 31.2. The van der Waals surface area contributed by atoms with E-state index in [-0.39, 0.29) is 25.7 Å². The zero-order valence-corrected chi connectivity index (χ0v) is 72.4. The number of phosphoric acid groups is 2. The summed E-state index contributed by atoms with van der Waals surface area (Å²) in [6.07, 6.45) is 69.4. The van der Waals surface area contributed by atoms with E-state index in [1.807, 2.05) is 0 Å². The average Bonchev–Trinajstić information content (AvgIpc) is 0.903. The summed E-state index contributed by atoms with van der Waals surface area (Å²) in [5.74, 6) is 0.280. The molecule has 6 atom stereocenters. The van der Waals surface area contributed by atoms with Crippen LogP contribution in [0.3, 0.4) is 0 Å². The van der Waals surface area contributed by atoms with Crippen LogP contribution in [-0.2, 0) is 65.4 Å². The van der Waals surface area contributed by atoms with E-state index in [0.717, 1.165) is 108 Å². The molecule has 0 aliphatic heterocycles. The molecule has 0 aromatic heterocycles. The molecule has 0 fully saturated rings. The van der Waals surface area contributed by atoms with Crippen molar-refractivity contribution in [3.8, 4) is 0 Å². The number of unbranched alkanes of at least 4 members (excludes halogenated alkanes) is 53. The molecule has 0 aromatic rings. The third-order valence-electron chi connectivity index (χ3n) is 21.0. The number of carbonyl (C=O) groups is 4. The predicted octanol–water partition coefficient (Wildman–Crippen LogP) is 26.9. The number of phosphoric ester groups is 2. The number of ether oxygens (including phenoxy) is 4. The topological polar surface area (TPSA) is 237 Å². The zero-order chi connectivity index (χ0) is 78.6. The number of esters is 4. The van der Waals surface area contributed by atoms with E-state index in [9.17, 15) is 43.2 Å². The third-order valence-corrected chi connectivity index (χ3v) is 22.9. The first kappa shape index (κ1) is 105. The molecule has 19 heteroatoms. The van der Waals surface area contributed by atoms with Crippen molar-refractivity contribution in [3.63, 3.8) is 0 Å². The molecule has 3 N–H and O–H groups in total. The van der Waals surface area contributed by atoms with Gasteiger partial charge < -0.3 is 33.8 Å². The quantitative estimate of drug-likeness (QED) is 0.0222. The van der Waals surface area contributed by atoms with Gasteiger partial charge in [0.05, 0.1) is 26.4 Å². The van der Waals surface area contributed by atoms with Gasteiger partial charge in [-0.15, -0.1) is 0 Å². The van der Waals surface area contributed by atoms with Gasteiger partial charge in [0.2, 0.25) is 0 Å². The van der Waals surface area contributed by atoms with E-state index >= 15 is 0 Å². The molecule has 0 rings (SSSR count). The zero-order valence-electron chi connectivity index (χ0n) is 70.6. The van der Waals surface area contributed by atoms with E-state index in [2.05, 4.69) is 48.5 Å². The van der Waals surface area contributed by atoms with Crippen molar-refractivity contribution in [2.75, 3.05) is 39.6 Å². The van der Waals surface area contributed by atoms with Crippen LogP contribution in [0.2, 0.25) is 0 Å². The SMILES string of the molecule is CCCCCCCCCCCCCCCCCCCCCC(=O)OC[C@H](COP(=O)(O)OC[C@@H](O)COP(=O)(O)OC[C@@H](COC(=O)CCCCCCCCCCCCC(C)C)OC(=O)CCCCCCCCCCCCC(C)CC)OC(=O)CCCCCCCCCCCCCCCCCCCCC(C)C. The Balaban J connectivity index is 5.25. The minimum atomic E-state index is -4.97. The van der Waals surface area contributed by atoms with Gasteiger partial charge in [0.1, 0.15) is 19.3 Å². The maximum Gasteiger partial charge on any atom is 0.472 e. The molecule has 0 amide bonds. The highest BCUT2D eigenvalue weighted by Crippen LogP contribution is 2.45. The first-order valence-electron chi connectivity index (χ1n) is 45.4. The molecular weight excluding hydrogens is 1390 g/mol. The molecule has 0 heterocycles. The van der Waals surface area contributed by atoms with E-state index in [1.54, 1.807) is 0 Å². The summed E-state index contributed by atoms with van der Waals surface area (Å²) in [5, 5.41) is 10.7. The van der Waals surface area contributed by atoms with Crippen molar-refractivity contribution in [2.45, 2.75) is 484 Å². The Morgan fingerprint density at radius 1 is 0.271 bits per heavy atom. The second-order valence-electron chi connectivity index (χ2n) is 32.8. The van der Waals surface area contributed by atoms with Gasteiger partial charge in [0, 0.05) is 25.7 Å². The minimum Gasteiger partial charge on any atom is -0.462 e. The normalized spacial score (nSPS) is 14.1. The largest absolute Gasteiger partial charge is 0.472 e. The van der Waals surface area contributed by atoms with Gasteiger partial charge in [-0.25, -0.2) is 9.13 Å². The van der Waals surface area contributed by atoms with Crippen molar-refractivity contribution >= 4 is 39.5 Å². The summed E-state index contributed by atoms with van der Waals surface area (Å²) in [6, 6.07) is 0. The molecule has 0 aliphatic carbocycles. The summed E-state index contributed by atoms with van der Waals surface area (Å²) >= 11 is 0. The van der Waals surface area contributed by atoms with Gasteiger partial charge >= 0.3 is 39.5 Å². The van der Waals surface area contributed by atoms with Crippen LogP contribution in [0.5, 0.6) is 0 Å². The number of aliphatic hydroxyl groups is 1. The standard InChI is InChI=1S/C88H172O17P2/c1-8-10-11-12-13-14-15-16-17-18-19-23-26-29-32-41-48-55-62-69-85(90)98-75-83(104-87(92)71-64-57-50-43-33-30-27-24-21-20-22-25-28-31-38-45-52-59-66-79(3)4)77-102-106(94,95)100-73-82(89)74-101-107(96,97)103-78-84(76-99-86(91)70-63-56-49-42-36-34-39-46-53-60-67-80(5)6)105-88(93)72-65-58-51-44-37-35-40-47-54-61-68-81(7)9-2/h79-84,89H,8-78H2,1-7H3,(H,94,95)(H,96,97)/t81?,82-,83-,84-/m1/s1. The summed E-state index contributed by atoms with van der Waals surface area (Å²) in [5.41, 5.74) is 0. The van der Waals surface area contributed by atoms with Crippen LogP contribution in [0.25, 0.3) is 0 Å². The lowest BCUT2D eigenvalue weighted by molar-refractivity contribution is -0.161. The van der Waals surface area contributed by atoms with Crippen molar-refractivity contribution in [1.29, 1.82) is 0 Å². The Morgan fingerprint density at radius 3 is 0.710 bits per heavy atom. The van der Waals surface area contributed by atoms with Gasteiger partial charge in [-0.3, -0.25) is 37.3 Å². The van der Waals surface area contributed by atoms with Crippen LogP contribution >= 0.6 is 15.6 Å².